The summed E-state index contributed by atoms with van der Waals surface area (Å²) in [7, 11) is 0. The van der Waals surface area contributed by atoms with Crippen molar-refractivity contribution in [3.63, 3.8) is 0 Å². The molecule has 0 bridgehead atoms. The van der Waals surface area contributed by atoms with Gasteiger partial charge in [0.05, 0.1) is 0 Å². The van der Waals surface area contributed by atoms with Crippen LogP contribution in [-0.4, -0.2) is 12.1 Å². The molecular formula is C11H17NO. The SMILES string of the molecule is CC(C)CC1/C=C\C=N/C(=O)CC1. The van der Waals surface area contributed by atoms with E-state index in [-0.39, 0.29) is 5.91 Å². The highest BCUT2D eigenvalue weighted by Crippen LogP contribution is 2.19. The normalized spacial score (nSPS) is 28.2. The van der Waals surface area contributed by atoms with Gasteiger partial charge in [-0.05, 0) is 30.8 Å². The smallest absolute Gasteiger partial charge is 0.245 e. The molecule has 2 heteroatoms. The minimum absolute atomic E-state index is 0.0121. The maximum absolute atomic E-state index is 11.0. The van der Waals surface area contributed by atoms with Crippen LogP contribution >= 0.6 is 0 Å². The van der Waals surface area contributed by atoms with Gasteiger partial charge in [-0.15, -0.1) is 0 Å². The molecule has 1 atom stereocenters. The summed E-state index contributed by atoms with van der Waals surface area (Å²) in [6.45, 7) is 4.42. The van der Waals surface area contributed by atoms with Crippen LogP contribution in [-0.2, 0) is 4.79 Å². The zero-order chi connectivity index (χ0) is 9.68. The molecule has 0 spiro atoms. The van der Waals surface area contributed by atoms with Crippen LogP contribution < -0.4 is 0 Å². The molecule has 0 N–H and O–H groups in total. The van der Waals surface area contributed by atoms with Crippen molar-refractivity contribution in [1.82, 2.24) is 0 Å². The Morgan fingerprint density at radius 3 is 3.08 bits per heavy atom. The average molecular weight is 179 g/mol. The van der Waals surface area contributed by atoms with Gasteiger partial charge in [0.2, 0.25) is 5.91 Å². The lowest BCUT2D eigenvalue weighted by Crippen LogP contribution is -2.06. The standard InChI is InChI=1S/C11H17NO/c1-9(2)8-10-4-3-7-12-11(13)6-5-10/h3-4,7,9-10H,5-6,8H2,1-2H3/b4-3-,12-7-. The number of carbonyl (C=O) groups excluding carboxylic acids is 1. The number of amides is 1. The Kier molecular flexibility index (Phi) is 3.87. The molecule has 0 aromatic rings. The molecule has 1 aliphatic heterocycles. The second-order valence-corrected chi connectivity index (χ2v) is 3.99. The molecule has 0 saturated heterocycles. The average Bonchev–Trinajstić information content (AvgIpc) is 2.03. The first-order valence-electron chi connectivity index (χ1n) is 4.92. The summed E-state index contributed by atoms with van der Waals surface area (Å²) in [5, 5.41) is 0. The molecule has 1 unspecified atom stereocenters. The van der Waals surface area contributed by atoms with E-state index in [0.29, 0.717) is 18.3 Å². The Morgan fingerprint density at radius 1 is 1.62 bits per heavy atom. The van der Waals surface area contributed by atoms with Crippen LogP contribution in [0, 0.1) is 11.8 Å². The third-order valence-corrected chi connectivity index (χ3v) is 2.19. The van der Waals surface area contributed by atoms with Crippen molar-refractivity contribution in [2.24, 2.45) is 16.8 Å². The lowest BCUT2D eigenvalue weighted by Gasteiger charge is -2.14. The van der Waals surface area contributed by atoms with Gasteiger partial charge < -0.3 is 0 Å². The summed E-state index contributed by atoms with van der Waals surface area (Å²) in [5.41, 5.74) is 0. The van der Waals surface area contributed by atoms with E-state index in [0.717, 1.165) is 12.8 Å². The fraction of sp³-hybridized carbons (Fsp3) is 0.636. The van der Waals surface area contributed by atoms with E-state index in [4.69, 9.17) is 0 Å². The maximum Gasteiger partial charge on any atom is 0.245 e. The highest BCUT2D eigenvalue weighted by Gasteiger charge is 2.10. The predicted octanol–water partition coefficient (Wildman–Crippen LogP) is 2.60. The summed E-state index contributed by atoms with van der Waals surface area (Å²) in [6.07, 6.45) is 8.37. The lowest BCUT2D eigenvalue weighted by atomic mass is 9.92. The fourth-order valence-corrected chi connectivity index (χ4v) is 1.60. The molecule has 0 radical (unpaired) electrons. The quantitative estimate of drug-likeness (QED) is 0.640. The third-order valence-electron chi connectivity index (χ3n) is 2.19. The number of carbonyl (C=O) groups is 1. The van der Waals surface area contributed by atoms with Gasteiger partial charge in [-0.3, -0.25) is 4.79 Å². The van der Waals surface area contributed by atoms with Crippen molar-refractivity contribution < 1.29 is 4.79 Å². The number of hydrogen-bond donors (Lipinski definition) is 0. The van der Waals surface area contributed by atoms with Gasteiger partial charge in [-0.1, -0.05) is 19.9 Å². The molecule has 0 aromatic carbocycles. The Hall–Kier alpha value is -0.920. The number of allylic oxidation sites excluding steroid dienone is 2. The van der Waals surface area contributed by atoms with E-state index in [1.54, 1.807) is 6.21 Å². The highest BCUT2D eigenvalue weighted by molar-refractivity contribution is 5.88. The zero-order valence-corrected chi connectivity index (χ0v) is 8.36. The van der Waals surface area contributed by atoms with Crippen LogP contribution in [0.3, 0.4) is 0 Å². The van der Waals surface area contributed by atoms with Gasteiger partial charge in [0, 0.05) is 12.6 Å². The van der Waals surface area contributed by atoms with Crippen LogP contribution in [0.4, 0.5) is 0 Å². The molecule has 1 aliphatic rings. The first-order valence-corrected chi connectivity index (χ1v) is 4.92. The number of nitrogens with zero attached hydrogens (tertiary/aromatic N) is 1. The zero-order valence-electron chi connectivity index (χ0n) is 8.36. The monoisotopic (exact) mass is 179 g/mol. The number of rotatable bonds is 2. The molecule has 0 aromatic heterocycles. The van der Waals surface area contributed by atoms with Gasteiger partial charge in [-0.2, -0.15) is 0 Å². The van der Waals surface area contributed by atoms with E-state index in [2.05, 4.69) is 24.9 Å². The van der Waals surface area contributed by atoms with Gasteiger partial charge in [-0.25, -0.2) is 4.99 Å². The van der Waals surface area contributed by atoms with Gasteiger partial charge in [0.15, 0.2) is 0 Å². The van der Waals surface area contributed by atoms with Gasteiger partial charge in [0.25, 0.3) is 0 Å². The van der Waals surface area contributed by atoms with E-state index in [9.17, 15) is 4.79 Å². The first kappa shape index (κ1) is 10.2. The van der Waals surface area contributed by atoms with E-state index in [1.165, 1.54) is 0 Å². The second kappa shape index (κ2) is 4.95. The molecule has 72 valence electrons. The predicted molar refractivity (Wildman–Crippen MR) is 54.8 cm³/mol. The number of hydrogen-bond acceptors (Lipinski definition) is 1. The highest BCUT2D eigenvalue weighted by atomic mass is 16.1. The van der Waals surface area contributed by atoms with Crippen LogP contribution in [0.2, 0.25) is 0 Å². The number of aliphatic imine (C=N–C) groups is 1. The molecular weight excluding hydrogens is 162 g/mol. The Labute approximate surface area is 79.8 Å². The van der Waals surface area contributed by atoms with Gasteiger partial charge in [0.1, 0.15) is 0 Å². The summed E-state index contributed by atoms with van der Waals surface area (Å²) < 4.78 is 0. The summed E-state index contributed by atoms with van der Waals surface area (Å²) in [4.78, 5) is 14.8. The molecule has 2 nitrogen and oxygen atoms in total. The van der Waals surface area contributed by atoms with Crippen molar-refractivity contribution in [3.8, 4) is 0 Å². The van der Waals surface area contributed by atoms with E-state index in [1.807, 2.05) is 6.08 Å². The minimum Gasteiger partial charge on any atom is -0.273 e. The fourth-order valence-electron chi connectivity index (χ4n) is 1.60. The Balaban J connectivity index is 2.52. The Bertz CT molecular complexity index is 228. The summed E-state index contributed by atoms with van der Waals surface area (Å²) in [6, 6.07) is 0. The third kappa shape index (κ3) is 4.02. The van der Waals surface area contributed by atoms with E-state index < -0.39 is 0 Å². The maximum atomic E-state index is 11.0. The van der Waals surface area contributed by atoms with Crippen LogP contribution in [0.15, 0.2) is 17.1 Å². The summed E-state index contributed by atoms with van der Waals surface area (Å²) in [5.74, 6) is 1.26. The van der Waals surface area contributed by atoms with Crippen molar-refractivity contribution in [2.75, 3.05) is 0 Å². The van der Waals surface area contributed by atoms with Crippen molar-refractivity contribution in [3.05, 3.63) is 12.2 Å². The first-order chi connectivity index (χ1) is 6.18. The van der Waals surface area contributed by atoms with Crippen LogP contribution in [0.1, 0.15) is 33.1 Å². The molecule has 1 amide bonds. The molecule has 0 aliphatic carbocycles. The second-order valence-electron chi connectivity index (χ2n) is 3.99. The van der Waals surface area contributed by atoms with Crippen molar-refractivity contribution in [2.45, 2.75) is 33.1 Å². The van der Waals surface area contributed by atoms with Crippen LogP contribution in [0.25, 0.3) is 0 Å². The lowest BCUT2D eigenvalue weighted by molar-refractivity contribution is -0.118. The van der Waals surface area contributed by atoms with Crippen molar-refractivity contribution in [1.29, 1.82) is 0 Å². The van der Waals surface area contributed by atoms with Crippen LogP contribution in [0.5, 0.6) is 0 Å². The minimum atomic E-state index is 0.0121. The molecule has 0 saturated carbocycles. The van der Waals surface area contributed by atoms with Gasteiger partial charge >= 0.3 is 0 Å². The largest absolute Gasteiger partial charge is 0.273 e. The molecule has 13 heavy (non-hydrogen) atoms. The molecule has 1 rings (SSSR count). The topological polar surface area (TPSA) is 29.4 Å². The molecule has 0 fully saturated rings. The van der Waals surface area contributed by atoms with E-state index >= 15 is 0 Å². The summed E-state index contributed by atoms with van der Waals surface area (Å²) >= 11 is 0. The van der Waals surface area contributed by atoms with Crippen molar-refractivity contribution >= 4 is 12.1 Å². The molecule has 1 heterocycles. The Morgan fingerprint density at radius 2 is 2.38 bits per heavy atom.